The first-order chi connectivity index (χ1) is 8.94. The van der Waals surface area contributed by atoms with Crippen molar-refractivity contribution in [2.75, 3.05) is 42.9 Å². The van der Waals surface area contributed by atoms with Crippen LogP contribution in [0.4, 0.5) is 11.6 Å². The van der Waals surface area contributed by atoms with Crippen molar-refractivity contribution in [3.05, 3.63) is 11.9 Å². The number of hydrogen-bond donors (Lipinski definition) is 2. The normalized spacial score (nSPS) is 16.5. The second-order valence-electron chi connectivity index (χ2n) is 6.31. The van der Waals surface area contributed by atoms with E-state index in [1.54, 1.807) is 0 Å². The van der Waals surface area contributed by atoms with Gasteiger partial charge in [0, 0.05) is 38.8 Å². The molecule has 1 fully saturated rings. The molecule has 1 aliphatic rings. The molecule has 5 heteroatoms. The first kappa shape index (κ1) is 14.1. The fraction of sp³-hybridized carbons (Fsp3) is 0.714. The minimum absolute atomic E-state index is 0.244. The molecule has 0 saturated carbocycles. The third-order valence-corrected chi connectivity index (χ3v) is 3.07. The van der Waals surface area contributed by atoms with Gasteiger partial charge in [-0.2, -0.15) is 0 Å². The molecule has 19 heavy (non-hydrogen) atoms. The Morgan fingerprint density at radius 1 is 1.26 bits per heavy atom. The monoisotopic (exact) mass is 263 g/mol. The maximum absolute atomic E-state index is 4.55. The highest BCUT2D eigenvalue weighted by Crippen LogP contribution is 2.19. The Kier molecular flexibility index (Phi) is 4.24. The Balaban J connectivity index is 2.10. The highest BCUT2D eigenvalue weighted by atomic mass is 15.2. The maximum atomic E-state index is 4.55. The number of anilines is 2. The molecule has 0 radical (unpaired) electrons. The number of hydrogen-bond acceptors (Lipinski definition) is 5. The fourth-order valence-electron chi connectivity index (χ4n) is 2.05. The average molecular weight is 263 g/mol. The number of aryl methyl sites for hydroxylation is 1. The molecular weight excluding hydrogens is 238 g/mol. The summed E-state index contributed by atoms with van der Waals surface area (Å²) in [4.78, 5) is 11.3. The van der Waals surface area contributed by atoms with Crippen LogP contribution in [-0.2, 0) is 0 Å². The van der Waals surface area contributed by atoms with Crippen molar-refractivity contribution >= 4 is 11.6 Å². The third-order valence-electron chi connectivity index (χ3n) is 3.07. The lowest BCUT2D eigenvalue weighted by atomic mass is 9.97. The summed E-state index contributed by atoms with van der Waals surface area (Å²) >= 11 is 0. The van der Waals surface area contributed by atoms with Gasteiger partial charge < -0.3 is 15.5 Å². The molecule has 1 saturated heterocycles. The van der Waals surface area contributed by atoms with Crippen LogP contribution < -0.4 is 15.5 Å². The largest absolute Gasteiger partial charge is 0.369 e. The molecule has 2 N–H and O–H groups in total. The zero-order valence-corrected chi connectivity index (χ0v) is 12.5. The van der Waals surface area contributed by atoms with E-state index in [1.807, 2.05) is 6.92 Å². The molecule has 0 aromatic carbocycles. The van der Waals surface area contributed by atoms with Gasteiger partial charge in [0.1, 0.15) is 17.5 Å². The standard InChI is InChI=1S/C14H25N5/c1-11-17-12(16-10-14(2,3)4)9-13(18-11)19-7-5-15-6-8-19/h9,15H,5-8,10H2,1-4H3,(H,16,17,18). The van der Waals surface area contributed by atoms with Gasteiger partial charge >= 0.3 is 0 Å². The Morgan fingerprint density at radius 2 is 1.95 bits per heavy atom. The van der Waals surface area contributed by atoms with Crippen LogP contribution in [0.3, 0.4) is 0 Å². The summed E-state index contributed by atoms with van der Waals surface area (Å²) in [6.45, 7) is 13.6. The van der Waals surface area contributed by atoms with Crippen molar-refractivity contribution < 1.29 is 0 Å². The van der Waals surface area contributed by atoms with Crippen molar-refractivity contribution in [2.45, 2.75) is 27.7 Å². The van der Waals surface area contributed by atoms with Gasteiger partial charge in [0.25, 0.3) is 0 Å². The van der Waals surface area contributed by atoms with Crippen molar-refractivity contribution in [3.8, 4) is 0 Å². The van der Waals surface area contributed by atoms with Gasteiger partial charge in [0.05, 0.1) is 0 Å². The summed E-state index contributed by atoms with van der Waals surface area (Å²) < 4.78 is 0. The molecule has 5 nitrogen and oxygen atoms in total. The first-order valence-corrected chi connectivity index (χ1v) is 6.99. The van der Waals surface area contributed by atoms with Gasteiger partial charge in [-0.15, -0.1) is 0 Å². The van der Waals surface area contributed by atoms with E-state index < -0.39 is 0 Å². The van der Waals surface area contributed by atoms with Gasteiger partial charge in [-0.3, -0.25) is 0 Å². The Morgan fingerprint density at radius 3 is 2.58 bits per heavy atom. The van der Waals surface area contributed by atoms with Crippen LogP contribution in [-0.4, -0.2) is 42.7 Å². The van der Waals surface area contributed by atoms with E-state index >= 15 is 0 Å². The molecule has 2 rings (SSSR count). The molecule has 2 heterocycles. The van der Waals surface area contributed by atoms with Crippen LogP contribution in [0.25, 0.3) is 0 Å². The van der Waals surface area contributed by atoms with E-state index in [1.165, 1.54) is 0 Å². The number of nitrogens with zero attached hydrogens (tertiary/aromatic N) is 3. The first-order valence-electron chi connectivity index (χ1n) is 6.99. The molecular formula is C14H25N5. The fourth-order valence-corrected chi connectivity index (χ4v) is 2.05. The van der Waals surface area contributed by atoms with E-state index in [4.69, 9.17) is 0 Å². The lowest BCUT2D eigenvalue weighted by molar-refractivity contribution is 0.442. The lowest BCUT2D eigenvalue weighted by Crippen LogP contribution is -2.44. The number of rotatable bonds is 3. The lowest BCUT2D eigenvalue weighted by Gasteiger charge is -2.29. The van der Waals surface area contributed by atoms with E-state index in [9.17, 15) is 0 Å². The predicted octanol–water partition coefficient (Wildman–Crippen LogP) is 1.65. The number of piperazine rings is 1. The van der Waals surface area contributed by atoms with E-state index in [2.05, 4.69) is 52.3 Å². The van der Waals surface area contributed by atoms with Gasteiger partial charge in [-0.25, -0.2) is 9.97 Å². The molecule has 106 valence electrons. The molecule has 0 bridgehead atoms. The average Bonchev–Trinajstić information content (AvgIpc) is 2.36. The number of aromatic nitrogens is 2. The predicted molar refractivity (Wildman–Crippen MR) is 79.8 cm³/mol. The zero-order chi connectivity index (χ0) is 13.9. The Hall–Kier alpha value is -1.36. The zero-order valence-electron chi connectivity index (χ0n) is 12.5. The van der Waals surface area contributed by atoms with E-state index in [0.29, 0.717) is 0 Å². The quantitative estimate of drug-likeness (QED) is 0.868. The highest BCUT2D eigenvalue weighted by Gasteiger charge is 2.14. The van der Waals surface area contributed by atoms with Crippen LogP contribution in [0.15, 0.2) is 6.07 Å². The molecule has 0 spiro atoms. The summed E-state index contributed by atoms with van der Waals surface area (Å²) in [6, 6.07) is 2.06. The van der Waals surface area contributed by atoms with Gasteiger partial charge in [-0.05, 0) is 12.3 Å². The summed E-state index contributed by atoms with van der Waals surface area (Å²) in [7, 11) is 0. The summed E-state index contributed by atoms with van der Waals surface area (Å²) in [5.41, 5.74) is 0.244. The number of nitrogens with one attached hydrogen (secondary N) is 2. The highest BCUT2D eigenvalue weighted by molar-refractivity contribution is 5.49. The van der Waals surface area contributed by atoms with Crippen LogP contribution >= 0.6 is 0 Å². The van der Waals surface area contributed by atoms with Gasteiger partial charge in [0.2, 0.25) is 0 Å². The van der Waals surface area contributed by atoms with Gasteiger partial charge in [-0.1, -0.05) is 20.8 Å². The third kappa shape index (κ3) is 4.35. The van der Waals surface area contributed by atoms with Crippen LogP contribution in [0.2, 0.25) is 0 Å². The molecule has 1 aromatic heterocycles. The van der Waals surface area contributed by atoms with Gasteiger partial charge in [0.15, 0.2) is 0 Å². The smallest absolute Gasteiger partial charge is 0.134 e. The summed E-state index contributed by atoms with van der Waals surface area (Å²) in [5.74, 6) is 2.79. The molecule has 0 unspecified atom stereocenters. The topological polar surface area (TPSA) is 53.1 Å². The minimum atomic E-state index is 0.244. The summed E-state index contributed by atoms with van der Waals surface area (Å²) in [6.07, 6.45) is 0. The minimum Gasteiger partial charge on any atom is -0.369 e. The second kappa shape index (κ2) is 5.74. The van der Waals surface area contributed by atoms with Crippen molar-refractivity contribution in [1.82, 2.24) is 15.3 Å². The molecule has 0 atom stereocenters. The van der Waals surface area contributed by atoms with Crippen molar-refractivity contribution in [3.63, 3.8) is 0 Å². The van der Waals surface area contributed by atoms with Crippen molar-refractivity contribution in [1.29, 1.82) is 0 Å². The Labute approximate surface area is 115 Å². The van der Waals surface area contributed by atoms with E-state index in [-0.39, 0.29) is 5.41 Å². The maximum Gasteiger partial charge on any atom is 0.134 e. The molecule has 0 amide bonds. The molecule has 1 aliphatic heterocycles. The summed E-state index contributed by atoms with van der Waals surface area (Å²) in [5, 5.41) is 6.77. The molecule has 1 aromatic rings. The SMILES string of the molecule is Cc1nc(NCC(C)(C)C)cc(N2CCNCC2)n1. The Bertz CT molecular complexity index is 418. The van der Waals surface area contributed by atoms with Crippen molar-refractivity contribution in [2.24, 2.45) is 5.41 Å². The second-order valence-corrected chi connectivity index (χ2v) is 6.31. The van der Waals surface area contributed by atoms with E-state index in [0.717, 1.165) is 50.2 Å². The van der Waals surface area contributed by atoms with Crippen LogP contribution in [0.5, 0.6) is 0 Å². The van der Waals surface area contributed by atoms with Crippen LogP contribution in [0, 0.1) is 12.3 Å². The van der Waals surface area contributed by atoms with Crippen LogP contribution in [0.1, 0.15) is 26.6 Å². The molecule has 0 aliphatic carbocycles.